The van der Waals surface area contributed by atoms with E-state index < -0.39 is 0 Å². The minimum atomic E-state index is -0.168. The SMILES string of the molecule is C[C@H](CCO)NC(=O)NC1CCN(c2ccc(Cl)cc2)C1. The molecule has 0 aliphatic carbocycles. The molecule has 1 aliphatic rings. The summed E-state index contributed by atoms with van der Waals surface area (Å²) in [6.45, 7) is 3.67. The summed E-state index contributed by atoms with van der Waals surface area (Å²) in [6, 6.07) is 7.69. The Labute approximate surface area is 130 Å². The van der Waals surface area contributed by atoms with E-state index in [0.717, 1.165) is 30.2 Å². The van der Waals surface area contributed by atoms with Crippen LogP contribution in [-0.4, -0.2) is 42.9 Å². The molecule has 21 heavy (non-hydrogen) atoms. The highest BCUT2D eigenvalue weighted by atomic mass is 35.5. The molecule has 2 rings (SSSR count). The van der Waals surface area contributed by atoms with Gasteiger partial charge in [0.2, 0.25) is 0 Å². The molecule has 1 saturated heterocycles. The second-order valence-corrected chi connectivity index (χ2v) is 5.88. The zero-order chi connectivity index (χ0) is 15.2. The number of hydrogen-bond acceptors (Lipinski definition) is 3. The van der Waals surface area contributed by atoms with Crippen LogP contribution in [0.5, 0.6) is 0 Å². The number of rotatable bonds is 5. The van der Waals surface area contributed by atoms with Crippen molar-refractivity contribution >= 4 is 23.3 Å². The van der Waals surface area contributed by atoms with Crippen LogP contribution in [0.15, 0.2) is 24.3 Å². The third-order valence-electron chi connectivity index (χ3n) is 3.65. The lowest BCUT2D eigenvalue weighted by molar-refractivity contribution is 0.228. The Bertz CT molecular complexity index is 466. The molecule has 0 spiro atoms. The van der Waals surface area contributed by atoms with Crippen LogP contribution in [0.3, 0.4) is 0 Å². The Morgan fingerprint density at radius 1 is 1.48 bits per heavy atom. The summed E-state index contributed by atoms with van der Waals surface area (Å²) < 4.78 is 0. The summed E-state index contributed by atoms with van der Waals surface area (Å²) >= 11 is 5.89. The van der Waals surface area contributed by atoms with Crippen LogP contribution in [0.1, 0.15) is 19.8 Å². The first-order valence-electron chi connectivity index (χ1n) is 7.27. The topological polar surface area (TPSA) is 64.6 Å². The summed E-state index contributed by atoms with van der Waals surface area (Å²) in [5, 5.41) is 15.4. The zero-order valence-corrected chi connectivity index (χ0v) is 12.9. The van der Waals surface area contributed by atoms with Crippen LogP contribution >= 0.6 is 11.6 Å². The van der Waals surface area contributed by atoms with Gasteiger partial charge in [0.05, 0.1) is 0 Å². The molecule has 1 heterocycles. The zero-order valence-electron chi connectivity index (χ0n) is 12.2. The number of aliphatic hydroxyl groups excluding tert-OH is 1. The maximum absolute atomic E-state index is 11.8. The normalized spacial score (nSPS) is 19.4. The van der Waals surface area contributed by atoms with E-state index in [1.54, 1.807) is 0 Å². The van der Waals surface area contributed by atoms with Crippen LogP contribution in [0.2, 0.25) is 5.02 Å². The van der Waals surface area contributed by atoms with Gasteiger partial charge in [-0.2, -0.15) is 0 Å². The van der Waals surface area contributed by atoms with E-state index in [0.29, 0.717) is 6.42 Å². The number of anilines is 1. The van der Waals surface area contributed by atoms with Crippen molar-refractivity contribution in [1.82, 2.24) is 10.6 Å². The van der Waals surface area contributed by atoms with E-state index in [1.165, 1.54) is 0 Å². The van der Waals surface area contributed by atoms with E-state index >= 15 is 0 Å². The third-order valence-corrected chi connectivity index (χ3v) is 3.91. The number of urea groups is 1. The van der Waals surface area contributed by atoms with E-state index in [-0.39, 0.29) is 24.7 Å². The van der Waals surface area contributed by atoms with Crippen LogP contribution in [0.4, 0.5) is 10.5 Å². The number of aliphatic hydroxyl groups is 1. The largest absolute Gasteiger partial charge is 0.396 e. The van der Waals surface area contributed by atoms with Gasteiger partial charge in [-0.3, -0.25) is 0 Å². The number of carbonyl (C=O) groups excluding carboxylic acids is 1. The lowest BCUT2D eigenvalue weighted by Crippen LogP contribution is -2.46. The number of hydrogen-bond donors (Lipinski definition) is 3. The molecule has 1 unspecified atom stereocenters. The maximum Gasteiger partial charge on any atom is 0.315 e. The van der Waals surface area contributed by atoms with Crippen molar-refractivity contribution in [2.45, 2.75) is 31.8 Å². The van der Waals surface area contributed by atoms with Crippen LogP contribution in [0.25, 0.3) is 0 Å². The minimum Gasteiger partial charge on any atom is -0.396 e. The number of benzene rings is 1. The molecule has 0 bridgehead atoms. The standard InChI is InChI=1S/C15H22ClN3O2/c1-11(7-9-20)17-15(21)18-13-6-8-19(10-13)14-4-2-12(16)3-5-14/h2-5,11,13,20H,6-10H2,1H3,(H2,17,18,21)/t11-,13?/m1/s1. The van der Waals surface area contributed by atoms with E-state index in [2.05, 4.69) is 15.5 Å². The van der Waals surface area contributed by atoms with Gasteiger partial charge in [0, 0.05) is 42.5 Å². The van der Waals surface area contributed by atoms with E-state index in [4.69, 9.17) is 16.7 Å². The average molecular weight is 312 g/mol. The average Bonchev–Trinajstić information content (AvgIpc) is 2.88. The highest BCUT2D eigenvalue weighted by molar-refractivity contribution is 6.30. The Balaban J connectivity index is 1.79. The molecule has 2 atom stereocenters. The molecule has 3 N–H and O–H groups in total. The van der Waals surface area contributed by atoms with Crippen molar-refractivity contribution in [2.24, 2.45) is 0 Å². The van der Waals surface area contributed by atoms with Crippen molar-refractivity contribution in [3.63, 3.8) is 0 Å². The molecule has 0 radical (unpaired) electrons. The van der Waals surface area contributed by atoms with Crippen molar-refractivity contribution in [3.05, 3.63) is 29.3 Å². The van der Waals surface area contributed by atoms with Gasteiger partial charge in [0.1, 0.15) is 0 Å². The molecular weight excluding hydrogens is 290 g/mol. The number of amides is 2. The molecule has 0 saturated carbocycles. The molecule has 116 valence electrons. The van der Waals surface area contributed by atoms with Gasteiger partial charge in [-0.25, -0.2) is 4.79 Å². The highest BCUT2D eigenvalue weighted by Gasteiger charge is 2.24. The molecule has 1 aromatic carbocycles. The summed E-state index contributed by atoms with van der Waals surface area (Å²) in [4.78, 5) is 14.1. The number of nitrogens with one attached hydrogen (secondary N) is 2. The number of carbonyl (C=O) groups is 1. The number of nitrogens with zero attached hydrogens (tertiary/aromatic N) is 1. The van der Waals surface area contributed by atoms with Gasteiger partial charge in [-0.15, -0.1) is 0 Å². The molecule has 6 heteroatoms. The monoisotopic (exact) mass is 311 g/mol. The molecule has 1 fully saturated rings. The van der Waals surface area contributed by atoms with Crippen LogP contribution in [0, 0.1) is 0 Å². The second-order valence-electron chi connectivity index (χ2n) is 5.44. The van der Waals surface area contributed by atoms with Crippen LogP contribution in [-0.2, 0) is 0 Å². The van der Waals surface area contributed by atoms with Crippen molar-refractivity contribution < 1.29 is 9.90 Å². The summed E-state index contributed by atoms with van der Waals surface area (Å²) in [5.41, 5.74) is 1.12. The van der Waals surface area contributed by atoms with Gasteiger partial charge in [0.25, 0.3) is 0 Å². The minimum absolute atomic E-state index is 0.0243. The summed E-state index contributed by atoms with van der Waals surface area (Å²) in [7, 11) is 0. The first-order valence-corrected chi connectivity index (χ1v) is 7.64. The molecule has 0 aromatic heterocycles. The lowest BCUT2D eigenvalue weighted by Gasteiger charge is -2.20. The predicted molar refractivity (Wildman–Crippen MR) is 84.9 cm³/mol. The van der Waals surface area contributed by atoms with Crippen molar-refractivity contribution in [2.75, 3.05) is 24.6 Å². The smallest absolute Gasteiger partial charge is 0.315 e. The van der Waals surface area contributed by atoms with Gasteiger partial charge < -0.3 is 20.6 Å². The molecule has 1 aromatic rings. The fourth-order valence-electron chi connectivity index (χ4n) is 2.48. The quantitative estimate of drug-likeness (QED) is 0.779. The highest BCUT2D eigenvalue weighted by Crippen LogP contribution is 2.22. The molecule has 2 amide bonds. The van der Waals surface area contributed by atoms with E-state index in [1.807, 2.05) is 31.2 Å². The predicted octanol–water partition coefficient (Wildman–Crippen LogP) is 1.99. The van der Waals surface area contributed by atoms with E-state index in [9.17, 15) is 4.79 Å². The van der Waals surface area contributed by atoms with Crippen molar-refractivity contribution in [3.8, 4) is 0 Å². The second kappa shape index (κ2) is 7.52. The van der Waals surface area contributed by atoms with Gasteiger partial charge in [-0.1, -0.05) is 11.6 Å². The first-order chi connectivity index (χ1) is 10.1. The fourth-order valence-corrected chi connectivity index (χ4v) is 2.61. The fraction of sp³-hybridized carbons (Fsp3) is 0.533. The lowest BCUT2D eigenvalue weighted by atomic mass is 10.2. The molecule has 5 nitrogen and oxygen atoms in total. The molecule has 1 aliphatic heterocycles. The summed E-state index contributed by atoms with van der Waals surface area (Å²) in [5.74, 6) is 0. The Morgan fingerprint density at radius 3 is 2.86 bits per heavy atom. The van der Waals surface area contributed by atoms with Crippen LogP contribution < -0.4 is 15.5 Å². The third kappa shape index (κ3) is 4.79. The molecular formula is C15H22ClN3O2. The Morgan fingerprint density at radius 2 is 2.19 bits per heavy atom. The summed E-state index contributed by atoms with van der Waals surface area (Å²) in [6.07, 6.45) is 1.49. The maximum atomic E-state index is 11.8. The Kier molecular flexibility index (Phi) is 5.70. The van der Waals surface area contributed by atoms with Gasteiger partial charge in [-0.05, 0) is 44.0 Å². The van der Waals surface area contributed by atoms with Gasteiger partial charge in [0.15, 0.2) is 0 Å². The first kappa shape index (κ1) is 15.9. The number of halogens is 1. The van der Waals surface area contributed by atoms with Crippen molar-refractivity contribution in [1.29, 1.82) is 0 Å². The Hall–Kier alpha value is -1.46. The van der Waals surface area contributed by atoms with Gasteiger partial charge >= 0.3 is 6.03 Å².